The smallest absolute Gasteiger partial charge is 0.321 e. The average Bonchev–Trinajstić information content (AvgIpc) is 2.44. The molecule has 1 aliphatic rings. The van der Waals surface area contributed by atoms with Gasteiger partial charge in [-0.15, -0.1) is 24.8 Å². The molecular formula is C15H24Cl2FN3O. The lowest BCUT2D eigenvalue weighted by Crippen LogP contribution is -2.41. The highest BCUT2D eigenvalue weighted by Gasteiger charge is 2.22. The molecule has 0 aromatic heterocycles. The number of nitrogens with one attached hydrogen (secondary N) is 1. The van der Waals surface area contributed by atoms with Gasteiger partial charge >= 0.3 is 6.03 Å². The fourth-order valence-corrected chi connectivity index (χ4v) is 2.53. The van der Waals surface area contributed by atoms with Crippen LogP contribution in [0.3, 0.4) is 0 Å². The van der Waals surface area contributed by atoms with Crippen molar-refractivity contribution < 1.29 is 9.18 Å². The van der Waals surface area contributed by atoms with Crippen molar-refractivity contribution in [3.63, 3.8) is 0 Å². The van der Waals surface area contributed by atoms with Gasteiger partial charge in [0.15, 0.2) is 0 Å². The third kappa shape index (κ3) is 5.63. The SMILES string of the molecule is Cc1ccc(NC(=O)N2CCC(CCN)CC2)cc1F.Cl.Cl. The molecule has 1 aromatic carbocycles. The highest BCUT2D eigenvalue weighted by Crippen LogP contribution is 2.21. The lowest BCUT2D eigenvalue weighted by atomic mass is 9.94. The number of aryl methyl sites for hydroxylation is 1. The molecule has 0 radical (unpaired) electrons. The van der Waals surface area contributed by atoms with E-state index in [2.05, 4.69) is 5.32 Å². The van der Waals surface area contributed by atoms with E-state index >= 15 is 0 Å². The summed E-state index contributed by atoms with van der Waals surface area (Å²) in [5, 5.41) is 2.75. The molecule has 0 atom stereocenters. The molecule has 0 saturated carbocycles. The van der Waals surface area contributed by atoms with Crippen molar-refractivity contribution in [2.45, 2.75) is 26.2 Å². The quantitative estimate of drug-likeness (QED) is 0.874. The Hall–Kier alpha value is -1.04. The van der Waals surface area contributed by atoms with E-state index in [1.165, 1.54) is 6.07 Å². The number of carbonyl (C=O) groups is 1. The first-order chi connectivity index (χ1) is 9.60. The van der Waals surface area contributed by atoms with Crippen LogP contribution in [0.25, 0.3) is 0 Å². The fourth-order valence-electron chi connectivity index (χ4n) is 2.53. The third-order valence-electron chi connectivity index (χ3n) is 3.90. The van der Waals surface area contributed by atoms with Gasteiger partial charge in [-0.1, -0.05) is 6.07 Å². The van der Waals surface area contributed by atoms with E-state index in [0.717, 1.165) is 32.4 Å². The van der Waals surface area contributed by atoms with Crippen molar-refractivity contribution in [2.24, 2.45) is 11.7 Å². The van der Waals surface area contributed by atoms with E-state index < -0.39 is 0 Å². The number of halogens is 3. The molecule has 1 aromatic rings. The van der Waals surface area contributed by atoms with Crippen LogP contribution in [0.2, 0.25) is 0 Å². The highest BCUT2D eigenvalue weighted by atomic mass is 35.5. The minimum Gasteiger partial charge on any atom is -0.330 e. The van der Waals surface area contributed by atoms with Crippen LogP contribution in [0.4, 0.5) is 14.9 Å². The van der Waals surface area contributed by atoms with Crippen LogP contribution in [-0.4, -0.2) is 30.6 Å². The summed E-state index contributed by atoms with van der Waals surface area (Å²) in [6.45, 7) is 3.89. The molecule has 1 heterocycles. The molecule has 1 aliphatic heterocycles. The normalized spacial score (nSPS) is 14.8. The van der Waals surface area contributed by atoms with Gasteiger partial charge in [-0.3, -0.25) is 0 Å². The highest BCUT2D eigenvalue weighted by molar-refractivity contribution is 5.89. The fraction of sp³-hybridized carbons (Fsp3) is 0.533. The summed E-state index contributed by atoms with van der Waals surface area (Å²) in [5.41, 5.74) is 6.63. The van der Waals surface area contributed by atoms with Crippen LogP contribution in [0, 0.1) is 18.7 Å². The average molecular weight is 352 g/mol. The largest absolute Gasteiger partial charge is 0.330 e. The Balaban J connectivity index is 0.00000220. The standard InChI is InChI=1S/C15H22FN3O.2ClH/c1-11-2-3-13(10-14(11)16)18-15(20)19-8-5-12(4-7-17)6-9-19;;/h2-3,10,12H,4-9,17H2,1H3,(H,18,20);2*1H. The molecule has 126 valence electrons. The van der Waals surface area contributed by atoms with E-state index in [4.69, 9.17) is 5.73 Å². The number of benzene rings is 1. The zero-order valence-corrected chi connectivity index (χ0v) is 14.3. The number of nitrogens with two attached hydrogens (primary N) is 1. The summed E-state index contributed by atoms with van der Waals surface area (Å²) in [6, 6.07) is 4.59. The predicted molar refractivity (Wildman–Crippen MR) is 92.6 cm³/mol. The van der Waals surface area contributed by atoms with Crippen molar-refractivity contribution in [3.05, 3.63) is 29.6 Å². The second-order valence-corrected chi connectivity index (χ2v) is 5.40. The number of urea groups is 1. The first kappa shape index (κ1) is 21.0. The molecule has 0 aliphatic carbocycles. The number of amides is 2. The molecule has 2 rings (SSSR count). The molecule has 3 N–H and O–H groups in total. The van der Waals surface area contributed by atoms with Crippen LogP contribution < -0.4 is 11.1 Å². The second kappa shape index (κ2) is 9.87. The van der Waals surface area contributed by atoms with Crippen LogP contribution in [0.15, 0.2) is 18.2 Å². The maximum Gasteiger partial charge on any atom is 0.321 e. The van der Waals surface area contributed by atoms with E-state index in [1.54, 1.807) is 24.0 Å². The van der Waals surface area contributed by atoms with Gasteiger partial charge in [-0.05, 0) is 56.3 Å². The number of rotatable bonds is 3. The molecule has 1 saturated heterocycles. The number of nitrogens with zero attached hydrogens (tertiary/aromatic N) is 1. The van der Waals surface area contributed by atoms with E-state index in [1.807, 2.05) is 0 Å². The van der Waals surface area contributed by atoms with Gasteiger partial charge in [0.25, 0.3) is 0 Å². The summed E-state index contributed by atoms with van der Waals surface area (Å²) >= 11 is 0. The summed E-state index contributed by atoms with van der Waals surface area (Å²) in [6.07, 6.45) is 3.01. The molecule has 0 bridgehead atoms. The molecule has 2 amide bonds. The maximum absolute atomic E-state index is 13.4. The summed E-state index contributed by atoms with van der Waals surface area (Å²) in [4.78, 5) is 13.9. The van der Waals surface area contributed by atoms with Crippen LogP contribution in [0.5, 0.6) is 0 Å². The molecule has 4 nitrogen and oxygen atoms in total. The summed E-state index contributed by atoms with van der Waals surface area (Å²) < 4.78 is 13.4. The van der Waals surface area contributed by atoms with Crippen molar-refractivity contribution >= 4 is 36.5 Å². The number of hydrogen-bond acceptors (Lipinski definition) is 2. The first-order valence-electron chi connectivity index (χ1n) is 7.12. The first-order valence-corrected chi connectivity index (χ1v) is 7.12. The van der Waals surface area contributed by atoms with Crippen molar-refractivity contribution in [1.82, 2.24) is 4.90 Å². The maximum atomic E-state index is 13.4. The Labute approximate surface area is 143 Å². The Morgan fingerprint density at radius 2 is 2.00 bits per heavy atom. The van der Waals surface area contributed by atoms with Crippen molar-refractivity contribution in [1.29, 1.82) is 0 Å². The van der Waals surface area contributed by atoms with Gasteiger partial charge < -0.3 is 16.0 Å². The molecule has 0 unspecified atom stereocenters. The third-order valence-corrected chi connectivity index (χ3v) is 3.90. The van der Waals surface area contributed by atoms with Gasteiger partial charge in [0, 0.05) is 18.8 Å². The Morgan fingerprint density at radius 1 is 1.36 bits per heavy atom. The number of hydrogen-bond donors (Lipinski definition) is 2. The van der Waals surface area contributed by atoms with Crippen LogP contribution >= 0.6 is 24.8 Å². The van der Waals surface area contributed by atoms with Crippen molar-refractivity contribution in [3.8, 4) is 0 Å². The minimum absolute atomic E-state index is 0. The minimum atomic E-state index is -0.301. The molecule has 22 heavy (non-hydrogen) atoms. The van der Waals surface area contributed by atoms with Gasteiger partial charge in [-0.25, -0.2) is 9.18 Å². The summed E-state index contributed by atoms with van der Waals surface area (Å²) in [7, 11) is 0. The number of likely N-dealkylation sites (tertiary alicyclic amines) is 1. The van der Waals surface area contributed by atoms with Gasteiger partial charge in [0.1, 0.15) is 5.82 Å². The summed E-state index contributed by atoms with van der Waals surface area (Å²) in [5.74, 6) is 0.324. The topological polar surface area (TPSA) is 58.4 Å². The lowest BCUT2D eigenvalue weighted by molar-refractivity contribution is 0.180. The molecule has 7 heteroatoms. The molecule has 0 spiro atoms. The van der Waals surface area contributed by atoms with Crippen LogP contribution in [0.1, 0.15) is 24.8 Å². The monoisotopic (exact) mass is 351 g/mol. The second-order valence-electron chi connectivity index (χ2n) is 5.40. The van der Waals surface area contributed by atoms with E-state index in [9.17, 15) is 9.18 Å². The Morgan fingerprint density at radius 3 is 2.55 bits per heavy atom. The number of anilines is 1. The van der Waals surface area contributed by atoms with Gasteiger partial charge in [0.05, 0.1) is 0 Å². The molecular weight excluding hydrogens is 328 g/mol. The zero-order chi connectivity index (χ0) is 14.5. The van der Waals surface area contributed by atoms with Gasteiger partial charge in [-0.2, -0.15) is 0 Å². The zero-order valence-electron chi connectivity index (χ0n) is 12.7. The number of carbonyl (C=O) groups excluding carboxylic acids is 1. The van der Waals surface area contributed by atoms with E-state index in [0.29, 0.717) is 23.7 Å². The Kier molecular flexibility index (Phi) is 9.41. The van der Waals surface area contributed by atoms with Crippen molar-refractivity contribution in [2.75, 3.05) is 25.0 Å². The Bertz CT molecular complexity index is 480. The predicted octanol–water partition coefficient (Wildman–Crippen LogP) is 3.57. The number of piperidine rings is 1. The lowest BCUT2D eigenvalue weighted by Gasteiger charge is -2.31. The van der Waals surface area contributed by atoms with E-state index in [-0.39, 0.29) is 36.7 Å². The molecule has 1 fully saturated rings. The van der Waals surface area contributed by atoms with Crippen LogP contribution in [-0.2, 0) is 0 Å². The van der Waals surface area contributed by atoms with Gasteiger partial charge in [0.2, 0.25) is 0 Å².